The van der Waals surface area contributed by atoms with Gasteiger partial charge in [-0.2, -0.15) is 0 Å². The quantitative estimate of drug-likeness (QED) is 0.573. The Balaban J connectivity index is 2.38. The lowest BCUT2D eigenvalue weighted by Gasteiger charge is -2.07. The van der Waals surface area contributed by atoms with Crippen molar-refractivity contribution in [1.82, 2.24) is 0 Å². The summed E-state index contributed by atoms with van der Waals surface area (Å²) >= 11 is 12.3. The third kappa shape index (κ3) is 3.76. The first-order valence-corrected chi connectivity index (χ1v) is 7.77. The number of benzene rings is 2. The summed E-state index contributed by atoms with van der Waals surface area (Å²) < 4.78 is 0. The van der Waals surface area contributed by atoms with Crippen molar-refractivity contribution in [2.24, 2.45) is 9.98 Å². The smallest absolute Gasteiger partial charge is 0.0677 e. The van der Waals surface area contributed by atoms with Gasteiger partial charge in [-0.15, -0.1) is 0 Å². The van der Waals surface area contributed by atoms with E-state index in [4.69, 9.17) is 23.2 Å². The van der Waals surface area contributed by atoms with Gasteiger partial charge in [0.2, 0.25) is 0 Å². The highest BCUT2D eigenvalue weighted by Crippen LogP contribution is 2.27. The van der Waals surface area contributed by atoms with E-state index in [1.165, 1.54) is 0 Å². The lowest BCUT2D eigenvalue weighted by atomic mass is 10.2. The maximum atomic E-state index is 6.13. The van der Waals surface area contributed by atoms with Gasteiger partial charge in [-0.3, -0.25) is 9.98 Å². The number of halogens is 2. The molecule has 0 aliphatic heterocycles. The molecule has 2 aromatic rings. The van der Waals surface area contributed by atoms with Crippen molar-refractivity contribution in [2.45, 2.75) is 27.7 Å². The van der Waals surface area contributed by atoms with E-state index in [1.807, 2.05) is 64.1 Å². The molecule has 2 nitrogen and oxygen atoms in total. The van der Waals surface area contributed by atoms with Gasteiger partial charge in [-0.25, -0.2) is 0 Å². The Bertz CT molecular complexity index is 696. The topological polar surface area (TPSA) is 24.7 Å². The lowest BCUT2D eigenvalue weighted by molar-refractivity contribution is 1.38. The Kier molecular flexibility index (Phi) is 5.38. The summed E-state index contributed by atoms with van der Waals surface area (Å²) in [5.74, 6) is 0. The molecule has 2 aromatic carbocycles. The molecule has 0 unspecified atom stereocenters. The fourth-order valence-corrected chi connectivity index (χ4v) is 2.30. The molecule has 4 heteroatoms. The van der Waals surface area contributed by atoms with E-state index in [1.54, 1.807) is 0 Å². The number of hydrogen-bond acceptors (Lipinski definition) is 2. The van der Waals surface area contributed by atoms with Crippen LogP contribution in [0, 0.1) is 13.8 Å². The minimum absolute atomic E-state index is 0.717. The van der Waals surface area contributed by atoms with Gasteiger partial charge in [0.05, 0.1) is 22.8 Å². The molecule has 0 aliphatic carbocycles. The van der Waals surface area contributed by atoms with Gasteiger partial charge in [-0.1, -0.05) is 35.3 Å². The molecule has 0 heterocycles. The number of hydrogen-bond donors (Lipinski definition) is 0. The van der Waals surface area contributed by atoms with Crippen LogP contribution in [-0.2, 0) is 0 Å². The molecule has 0 saturated carbocycles. The van der Waals surface area contributed by atoms with Crippen LogP contribution in [0.2, 0.25) is 10.0 Å². The molecular formula is C18H18Cl2N2. The lowest BCUT2D eigenvalue weighted by Crippen LogP contribution is -2.05. The molecule has 114 valence electrons. The van der Waals surface area contributed by atoms with Crippen LogP contribution >= 0.6 is 23.2 Å². The molecule has 0 N–H and O–H groups in total. The zero-order valence-electron chi connectivity index (χ0n) is 13.1. The van der Waals surface area contributed by atoms with E-state index >= 15 is 0 Å². The van der Waals surface area contributed by atoms with Crippen molar-refractivity contribution in [2.75, 3.05) is 0 Å². The van der Waals surface area contributed by atoms with E-state index in [2.05, 4.69) is 9.98 Å². The van der Waals surface area contributed by atoms with Crippen LogP contribution in [0.5, 0.6) is 0 Å². The molecular weight excluding hydrogens is 315 g/mol. The van der Waals surface area contributed by atoms with Crippen molar-refractivity contribution in [3.63, 3.8) is 0 Å². The fourth-order valence-electron chi connectivity index (χ4n) is 1.96. The van der Waals surface area contributed by atoms with Gasteiger partial charge in [0.15, 0.2) is 0 Å². The van der Waals surface area contributed by atoms with Crippen LogP contribution in [0.1, 0.15) is 25.0 Å². The average molecular weight is 333 g/mol. The SMILES string of the molecule is CC(=Nc1cccc(Cl)c1C)C(C)=Nc1cccc(Cl)c1C. The van der Waals surface area contributed by atoms with Crippen LogP contribution in [0.4, 0.5) is 11.4 Å². The summed E-state index contributed by atoms with van der Waals surface area (Å²) in [7, 11) is 0. The molecule has 0 saturated heterocycles. The van der Waals surface area contributed by atoms with Crippen LogP contribution in [0.25, 0.3) is 0 Å². The Hall–Kier alpha value is -1.64. The van der Waals surface area contributed by atoms with Gasteiger partial charge in [-0.05, 0) is 63.1 Å². The maximum Gasteiger partial charge on any atom is 0.0677 e. The first-order chi connectivity index (χ1) is 10.4. The molecule has 0 amide bonds. The predicted molar refractivity (Wildman–Crippen MR) is 97.9 cm³/mol. The normalized spacial score (nSPS) is 12.6. The molecule has 0 aromatic heterocycles. The molecule has 0 atom stereocenters. The highest BCUT2D eigenvalue weighted by atomic mass is 35.5. The largest absolute Gasteiger partial charge is 0.252 e. The standard InChI is InChI=1S/C18H18Cl2N2/c1-11-15(19)7-5-9-17(11)21-13(3)14(4)22-18-10-6-8-16(20)12(18)2/h5-10H,1-4H3. The number of nitrogens with zero attached hydrogens (tertiary/aromatic N) is 2. The third-order valence-electron chi connectivity index (χ3n) is 3.58. The molecule has 0 spiro atoms. The van der Waals surface area contributed by atoms with Gasteiger partial charge >= 0.3 is 0 Å². The Morgan fingerprint density at radius 1 is 0.727 bits per heavy atom. The minimum Gasteiger partial charge on any atom is -0.252 e. The van der Waals surface area contributed by atoms with Crippen molar-refractivity contribution < 1.29 is 0 Å². The summed E-state index contributed by atoms with van der Waals surface area (Å²) in [4.78, 5) is 9.27. The summed E-state index contributed by atoms with van der Waals surface area (Å²) in [6, 6.07) is 11.4. The molecule has 0 fully saturated rings. The van der Waals surface area contributed by atoms with E-state index in [0.29, 0.717) is 10.0 Å². The second-order valence-electron chi connectivity index (χ2n) is 5.16. The van der Waals surface area contributed by atoms with Crippen LogP contribution in [0.3, 0.4) is 0 Å². The number of rotatable bonds is 3. The number of aliphatic imine (C=N–C) groups is 2. The van der Waals surface area contributed by atoms with Crippen molar-refractivity contribution >= 4 is 46.0 Å². The zero-order valence-corrected chi connectivity index (χ0v) is 14.6. The molecule has 0 radical (unpaired) electrons. The summed E-state index contributed by atoms with van der Waals surface area (Å²) in [6.45, 7) is 7.81. The van der Waals surface area contributed by atoms with Crippen molar-refractivity contribution in [3.05, 3.63) is 57.6 Å². The predicted octanol–water partition coefficient (Wildman–Crippen LogP) is 6.50. The molecule has 0 aliphatic rings. The molecule has 2 rings (SSSR count). The Labute approximate surface area is 141 Å². The third-order valence-corrected chi connectivity index (χ3v) is 4.40. The van der Waals surface area contributed by atoms with E-state index in [-0.39, 0.29) is 0 Å². The van der Waals surface area contributed by atoms with Crippen LogP contribution in [-0.4, -0.2) is 11.4 Å². The average Bonchev–Trinajstić information content (AvgIpc) is 2.48. The van der Waals surface area contributed by atoms with Crippen molar-refractivity contribution in [3.8, 4) is 0 Å². The van der Waals surface area contributed by atoms with Gasteiger partial charge in [0.1, 0.15) is 0 Å². The van der Waals surface area contributed by atoms with Gasteiger partial charge in [0, 0.05) is 10.0 Å². The first-order valence-electron chi connectivity index (χ1n) is 7.01. The second-order valence-corrected chi connectivity index (χ2v) is 5.98. The zero-order chi connectivity index (χ0) is 16.3. The van der Waals surface area contributed by atoms with E-state index < -0.39 is 0 Å². The summed E-state index contributed by atoms with van der Waals surface area (Å²) in [5.41, 5.74) is 5.37. The Morgan fingerprint density at radius 2 is 1.09 bits per heavy atom. The molecule has 0 bridgehead atoms. The van der Waals surface area contributed by atoms with Crippen LogP contribution < -0.4 is 0 Å². The highest BCUT2D eigenvalue weighted by Gasteiger charge is 2.05. The van der Waals surface area contributed by atoms with Crippen LogP contribution in [0.15, 0.2) is 46.4 Å². The molecule has 22 heavy (non-hydrogen) atoms. The van der Waals surface area contributed by atoms with E-state index in [0.717, 1.165) is 33.9 Å². The van der Waals surface area contributed by atoms with Gasteiger partial charge < -0.3 is 0 Å². The van der Waals surface area contributed by atoms with Crippen molar-refractivity contribution in [1.29, 1.82) is 0 Å². The van der Waals surface area contributed by atoms with Gasteiger partial charge in [0.25, 0.3) is 0 Å². The highest BCUT2D eigenvalue weighted by molar-refractivity contribution is 6.41. The summed E-state index contributed by atoms with van der Waals surface area (Å²) in [6.07, 6.45) is 0. The fraction of sp³-hybridized carbons (Fsp3) is 0.222. The first kappa shape index (κ1) is 16.7. The second kappa shape index (κ2) is 7.08. The Morgan fingerprint density at radius 3 is 1.45 bits per heavy atom. The minimum atomic E-state index is 0.717. The maximum absolute atomic E-state index is 6.13. The van der Waals surface area contributed by atoms with E-state index in [9.17, 15) is 0 Å². The summed E-state index contributed by atoms with van der Waals surface area (Å²) in [5, 5.41) is 1.43. The monoisotopic (exact) mass is 332 g/mol.